The van der Waals surface area contributed by atoms with E-state index in [0.29, 0.717) is 5.56 Å². The molecule has 0 aliphatic carbocycles. The number of rotatable bonds is 5. The summed E-state index contributed by atoms with van der Waals surface area (Å²) in [7, 11) is 1.63. The number of hydrogen-bond donors (Lipinski definition) is 0. The molecule has 0 heterocycles. The Kier molecular flexibility index (Phi) is 5.11. The lowest BCUT2D eigenvalue weighted by Gasteiger charge is -2.11. The van der Waals surface area contributed by atoms with E-state index < -0.39 is 0 Å². The summed E-state index contributed by atoms with van der Waals surface area (Å²) in [4.78, 5) is 12.3. The lowest BCUT2D eigenvalue weighted by atomic mass is 9.99. The van der Waals surface area contributed by atoms with E-state index in [1.807, 2.05) is 66.7 Å². The molecule has 0 aliphatic heterocycles. The van der Waals surface area contributed by atoms with Crippen LogP contribution in [-0.2, 0) is 0 Å². The van der Waals surface area contributed by atoms with Crippen molar-refractivity contribution < 1.29 is 9.53 Å². The van der Waals surface area contributed by atoms with E-state index in [0.717, 1.165) is 22.4 Å². The Labute approximate surface area is 150 Å². The summed E-state index contributed by atoms with van der Waals surface area (Å²) < 4.78 is 5.15. The van der Waals surface area contributed by atoms with Gasteiger partial charge in [-0.05, 0) is 28.8 Å². The second-order valence-electron chi connectivity index (χ2n) is 5.44. The van der Waals surface area contributed by atoms with E-state index in [1.165, 1.54) is 0 Å². The third-order valence-corrected chi connectivity index (χ3v) is 4.86. The van der Waals surface area contributed by atoms with Crippen LogP contribution in [0.3, 0.4) is 0 Å². The highest BCUT2D eigenvalue weighted by Gasteiger charge is 2.19. The molecule has 0 N–H and O–H groups in total. The molecule has 0 radical (unpaired) electrons. The van der Waals surface area contributed by atoms with E-state index in [9.17, 15) is 4.79 Å². The van der Waals surface area contributed by atoms with Gasteiger partial charge in [-0.2, -0.15) is 0 Å². The molecule has 3 heteroatoms. The van der Waals surface area contributed by atoms with Crippen molar-refractivity contribution in [1.29, 1.82) is 0 Å². The third-order valence-electron chi connectivity index (χ3n) is 3.92. The van der Waals surface area contributed by atoms with Crippen LogP contribution in [0.2, 0.25) is 0 Å². The van der Waals surface area contributed by atoms with Gasteiger partial charge in [-0.15, -0.1) is 0 Å². The zero-order valence-electron chi connectivity index (χ0n) is 13.3. The van der Waals surface area contributed by atoms with E-state index in [2.05, 4.69) is 28.1 Å². The number of methoxy groups -OCH3 is 1. The van der Waals surface area contributed by atoms with Crippen molar-refractivity contribution in [1.82, 2.24) is 0 Å². The van der Waals surface area contributed by atoms with Gasteiger partial charge in [-0.3, -0.25) is 4.79 Å². The van der Waals surface area contributed by atoms with Crippen molar-refractivity contribution in [2.24, 2.45) is 0 Å². The summed E-state index contributed by atoms with van der Waals surface area (Å²) in [6, 6.07) is 25.3. The minimum atomic E-state index is -0.369. The molecule has 1 atom stereocenters. The Hall–Kier alpha value is -2.39. The predicted molar refractivity (Wildman–Crippen MR) is 101 cm³/mol. The molecular weight excluding hydrogens is 364 g/mol. The van der Waals surface area contributed by atoms with Crippen LogP contribution in [0.25, 0.3) is 11.1 Å². The van der Waals surface area contributed by atoms with Crippen LogP contribution in [0.1, 0.15) is 20.7 Å². The quantitative estimate of drug-likeness (QED) is 0.420. The number of ether oxygens (including phenoxy) is 1. The first-order chi connectivity index (χ1) is 11.7. The van der Waals surface area contributed by atoms with Gasteiger partial charge in [-0.25, -0.2) is 0 Å². The summed E-state index contributed by atoms with van der Waals surface area (Å²) in [5.74, 6) is 0.817. The van der Waals surface area contributed by atoms with E-state index in [-0.39, 0.29) is 10.6 Å². The van der Waals surface area contributed by atoms with Crippen LogP contribution in [0.15, 0.2) is 78.9 Å². The Morgan fingerprint density at radius 3 is 2.00 bits per heavy atom. The Bertz CT molecular complexity index is 809. The van der Waals surface area contributed by atoms with Crippen LogP contribution in [0, 0.1) is 0 Å². The van der Waals surface area contributed by atoms with Gasteiger partial charge in [0.05, 0.1) is 7.11 Å². The molecule has 0 saturated heterocycles. The molecule has 0 amide bonds. The van der Waals surface area contributed by atoms with Crippen molar-refractivity contribution in [2.45, 2.75) is 4.83 Å². The molecule has 0 aliphatic rings. The first-order valence-corrected chi connectivity index (χ1v) is 8.58. The number of alkyl halides is 1. The van der Waals surface area contributed by atoms with Gasteiger partial charge in [0.15, 0.2) is 5.78 Å². The number of ketones is 1. The van der Waals surface area contributed by atoms with Crippen molar-refractivity contribution in [2.75, 3.05) is 7.11 Å². The summed E-state index contributed by atoms with van der Waals surface area (Å²) in [6.45, 7) is 0. The van der Waals surface area contributed by atoms with Crippen LogP contribution < -0.4 is 4.74 Å². The minimum absolute atomic E-state index is 0.0415. The molecule has 0 spiro atoms. The number of halogens is 1. The topological polar surface area (TPSA) is 26.3 Å². The second kappa shape index (κ2) is 7.45. The number of carbonyl (C=O) groups is 1. The normalized spacial score (nSPS) is 11.8. The fourth-order valence-electron chi connectivity index (χ4n) is 2.53. The van der Waals surface area contributed by atoms with Crippen molar-refractivity contribution in [3.63, 3.8) is 0 Å². The van der Waals surface area contributed by atoms with Crippen molar-refractivity contribution in [3.8, 4) is 16.9 Å². The molecule has 0 fully saturated rings. The molecule has 0 aromatic heterocycles. The fraction of sp³-hybridized carbons (Fsp3) is 0.0952. The van der Waals surface area contributed by atoms with Gasteiger partial charge in [0, 0.05) is 5.56 Å². The zero-order valence-corrected chi connectivity index (χ0v) is 14.9. The van der Waals surface area contributed by atoms with Crippen LogP contribution in [-0.4, -0.2) is 12.9 Å². The smallest absolute Gasteiger partial charge is 0.180 e. The van der Waals surface area contributed by atoms with Gasteiger partial charge >= 0.3 is 0 Å². The maximum atomic E-state index is 12.7. The molecule has 2 nitrogen and oxygen atoms in total. The van der Waals surface area contributed by atoms with E-state index >= 15 is 0 Å². The Morgan fingerprint density at radius 2 is 1.42 bits per heavy atom. The van der Waals surface area contributed by atoms with Crippen LogP contribution >= 0.6 is 15.9 Å². The predicted octanol–water partition coefficient (Wildman–Crippen LogP) is 5.68. The highest BCUT2D eigenvalue weighted by atomic mass is 79.9. The lowest BCUT2D eigenvalue weighted by Crippen LogP contribution is -2.07. The van der Waals surface area contributed by atoms with E-state index in [4.69, 9.17) is 4.74 Å². The largest absolute Gasteiger partial charge is 0.497 e. The van der Waals surface area contributed by atoms with Crippen molar-refractivity contribution in [3.05, 3.63) is 90.0 Å². The van der Waals surface area contributed by atoms with Crippen LogP contribution in [0.5, 0.6) is 5.75 Å². The van der Waals surface area contributed by atoms with Crippen molar-refractivity contribution >= 4 is 21.7 Å². The minimum Gasteiger partial charge on any atom is -0.497 e. The molecule has 0 saturated carbocycles. The number of benzene rings is 3. The fourth-order valence-corrected chi connectivity index (χ4v) is 3.10. The molecule has 3 aromatic rings. The summed E-state index contributed by atoms with van der Waals surface area (Å²) in [5, 5.41) is 0. The first kappa shape index (κ1) is 16.5. The summed E-state index contributed by atoms with van der Waals surface area (Å²) >= 11 is 3.51. The second-order valence-corrected chi connectivity index (χ2v) is 6.36. The maximum absolute atomic E-state index is 12.7. The third kappa shape index (κ3) is 3.57. The monoisotopic (exact) mass is 380 g/mol. The molecule has 0 bridgehead atoms. The Balaban J connectivity index is 1.79. The average molecular weight is 381 g/mol. The number of hydrogen-bond acceptors (Lipinski definition) is 2. The highest BCUT2D eigenvalue weighted by molar-refractivity contribution is 9.09. The Morgan fingerprint density at radius 1 is 0.833 bits per heavy atom. The van der Waals surface area contributed by atoms with Gasteiger partial charge in [0.1, 0.15) is 10.6 Å². The first-order valence-electron chi connectivity index (χ1n) is 7.67. The zero-order chi connectivity index (χ0) is 16.9. The summed E-state index contributed by atoms with van der Waals surface area (Å²) in [6.07, 6.45) is 0. The molecule has 3 aromatic carbocycles. The SMILES string of the molecule is COc1ccc(C(Br)C(=O)c2ccc(-c3ccccc3)cc2)cc1. The highest BCUT2D eigenvalue weighted by Crippen LogP contribution is 2.29. The molecule has 120 valence electrons. The van der Waals surface area contributed by atoms with Gasteiger partial charge in [0.25, 0.3) is 0 Å². The standard InChI is InChI=1S/C21H17BrO2/c1-24-19-13-11-17(12-14-19)20(22)21(23)18-9-7-16(8-10-18)15-5-3-2-4-6-15/h2-14,20H,1H3. The number of Topliss-reactive ketones (excluding diaryl/α,β-unsaturated/α-hetero) is 1. The van der Waals surface area contributed by atoms with Crippen LogP contribution in [0.4, 0.5) is 0 Å². The van der Waals surface area contributed by atoms with Gasteiger partial charge < -0.3 is 4.74 Å². The van der Waals surface area contributed by atoms with Gasteiger partial charge in [-0.1, -0.05) is 82.7 Å². The molecule has 3 rings (SSSR count). The summed E-state index contributed by atoms with van der Waals surface area (Å²) in [5.41, 5.74) is 3.84. The molecule has 1 unspecified atom stereocenters. The van der Waals surface area contributed by atoms with Gasteiger partial charge in [0.2, 0.25) is 0 Å². The van der Waals surface area contributed by atoms with E-state index in [1.54, 1.807) is 7.11 Å². The average Bonchev–Trinajstić information content (AvgIpc) is 2.68. The lowest BCUT2D eigenvalue weighted by molar-refractivity contribution is 0.0991. The molecule has 24 heavy (non-hydrogen) atoms. The maximum Gasteiger partial charge on any atom is 0.180 e. The number of carbonyl (C=O) groups excluding carboxylic acids is 1. The molecular formula is C21H17BrO2.